The van der Waals surface area contributed by atoms with Crippen molar-refractivity contribution < 1.29 is 14.0 Å². The number of aromatic nitrogens is 2. The Morgan fingerprint density at radius 1 is 1.25 bits per heavy atom. The maximum absolute atomic E-state index is 13.9. The molecule has 0 bridgehead atoms. The van der Waals surface area contributed by atoms with E-state index >= 15 is 0 Å². The van der Waals surface area contributed by atoms with Crippen LogP contribution in [0.1, 0.15) is 27.2 Å². The lowest BCUT2D eigenvalue weighted by Gasteiger charge is -2.28. The number of amides is 3. The zero-order valence-corrected chi connectivity index (χ0v) is 17.8. The van der Waals surface area contributed by atoms with Crippen LogP contribution in [-0.2, 0) is 13.1 Å². The highest BCUT2D eigenvalue weighted by Gasteiger charge is 2.30. The maximum atomic E-state index is 13.9. The summed E-state index contributed by atoms with van der Waals surface area (Å²) in [5.74, 6) is -1.15. The number of nitrogens with zero attached hydrogens (tertiary/aromatic N) is 4. The molecule has 3 aromatic rings. The van der Waals surface area contributed by atoms with E-state index in [-0.39, 0.29) is 22.8 Å². The summed E-state index contributed by atoms with van der Waals surface area (Å²) in [5, 5.41) is 16.4. The molecule has 4 rings (SSSR count). The average Bonchev–Trinajstić information content (AvgIpc) is 3.12. The molecule has 10 heteroatoms. The number of nitrogens with two attached hydrogens (primary N) is 1. The molecule has 3 amide bonds. The minimum Gasteiger partial charge on any atom is -0.365 e. The highest BCUT2D eigenvalue weighted by molar-refractivity contribution is 6.32. The molecule has 0 saturated carbocycles. The number of rotatable bonds is 3. The Hall–Kier alpha value is -3.90. The summed E-state index contributed by atoms with van der Waals surface area (Å²) in [7, 11) is 0. The summed E-state index contributed by atoms with van der Waals surface area (Å²) in [6.07, 6.45) is 0. The first-order chi connectivity index (χ1) is 15.3. The average molecular weight is 453 g/mol. The number of urea groups is 1. The number of benzene rings is 2. The predicted molar refractivity (Wildman–Crippen MR) is 116 cm³/mol. The van der Waals surface area contributed by atoms with Gasteiger partial charge in [-0.2, -0.15) is 10.4 Å². The van der Waals surface area contributed by atoms with Gasteiger partial charge in [-0.15, -0.1) is 0 Å². The van der Waals surface area contributed by atoms with Gasteiger partial charge in [-0.3, -0.25) is 9.48 Å². The molecule has 0 saturated heterocycles. The van der Waals surface area contributed by atoms with Crippen LogP contribution in [0, 0.1) is 24.1 Å². The lowest BCUT2D eigenvalue weighted by atomic mass is 10.0. The fraction of sp³-hybridized carbons (Fsp3) is 0.182. The highest BCUT2D eigenvalue weighted by Crippen LogP contribution is 2.30. The Bertz CT molecular complexity index is 1280. The minimum absolute atomic E-state index is 0.0927. The second kappa shape index (κ2) is 8.32. The normalized spacial score (nSPS) is 12.8. The predicted octanol–water partition coefficient (Wildman–Crippen LogP) is 3.67. The van der Waals surface area contributed by atoms with E-state index in [1.54, 1.807) is 23.7 Å². The number of anilines is 1. The van der Waals surface area contributed by atoms with Crippen LogP contribution >= 0.6 is 11.6 Å². The molecule has 2 heterocycles. The van der Waals surface area contributed by atoms with Crippen LogP contribution in [0.25, 0.3) is 11.3 Å². The Labute approximate surface area is 188 Å². The van der Waals surface area contributed by atoms with E-state index in [1.807, 2.05) is 6.07 Å². The fourth-order valence-corrected chi connectivity index (χ4v) is 3.93. The molecule has 8 nitrogen and oxygen atoms in total. The number of aryl methyl sites for hydroxylation is 1. The summed E-state index contributed by atoms with van der Waals surface area (Å²) in [5.41, 5.74) is 8.44. The van der Waals surface area contributed by atoms with Crippen molar-refractivity contribution in [2.75, 3.05) is 11.9 Å². The van der Waals surface area contributed by atoms with Crippen molar-refractivity contribution in [1.29, 1.82) is 5.26 Å². The van der Waals surface area contributed by atoms with Crippen LogP contribution in [0.3, 0.4) is 0 Å². The summed E-state index contributed by atoms with van der Waals surface area (Å²) in [6, 6.07) is 10.5. The van der Waals surface area contributed by atoms with Crippen molar-refractivity contribution in [3.8, 4) is 17.3 Å². The third-order valence-electron chi connectivity index (χ3n) is 5.17. The van der Waals surface area contributed by atoms with Crippen LogP contribution in [0.5, 0.6) is 0 Å². The number of carbonyl (C=O) groups is 2. The quantitative estimate of drug-likeness (QED) is 0.630. The Morgan fingerprint density at radius 2 is 2.03 bits per heavy atom. The molecule has 2 aromatic carbocycles. The van der Waals surface area contributed by atoms with Gasteiger partial charge >= 0.3 is 6.03 Å². The van der Waals surface area contributed by atoms with Crippen molar-refractivity contribution in [2.45, 2.75) is 20.0 Å². The molecule has 0 atom stereocenters. The lowest BCUT2D eigenvalue weighted by Crippen LogP contribution is -2.41. The summed E-state index contributed by atoms with van der Waals surface area (Å²) < 4.78 is 15.6. The second-order valence-electron chi connectivity index (χ2n) is 7.43. The number of hydrogen-bond donors (Lipinski definition) is 2. The molecule has 0 spiro atoms. The van der Waals surface area contributed by atoms with Gasteiger partial charge in [0, 0.05) is 17.8 Å². The Kier molecular flexibility index (Phi) is 5.55. The maximum Gasteiger partial charge on any atom is 0.322 e. The third kappa shape index (κ3) is 4.00. The van der Waals surface area contributed by atoms with Gasteiger partial charge in [0.1, 0.15) is 17.6 Å². The standard InChI is InChI=1S/C22H18ClFN6O2/c1-12-6-14(8-15(24)7-12)20-19(21(26)31)18-11-29(4-5-30(18)28-20)22(32)27-16-3-2-13(10-25)17(23)9-16/h2-3,6-9H,4-5,11H2,1H3,(H2,26,31)(H,27,32). The molecule has 1 aliphatic rings. The fourth-order valence-electron chi connectivity index (χ4n) is 3.71. The molecule has 0 fully saturated rings. The number of halogens is 2. The SMILES string of the molecule is Cc1cc(F)cc(-c2nn3c(c2C(N)=O)CN(C(=O)Nc2ccc(C#N)c(Cl)c2)CC3)c1. The number of nitrogens with one attached hydrogen (secondary N) is 1. The van der Waals surface area contributed by atoms with Crippen molar-refractivity contribution in [1.82, 2.24) is 14.7 Å². The summed E-state index contributed by atoms with van der Waals surface area (Å²) in [4.78, 5) is 26.6. The molecule has 3 N–H and O–H groups in total. The van der Waals surface area contributed by atoms with Crippen LogP contribution in [-0.4, -0.2) is 33.2 Å². The molecule has 0 unspecified atom stereocenters. The third-order valence-corrected chi connectivity index (χ3v) is 5.48. The smallest absolute Gasteiger partial charge is 0.322 e. The first kappa shape index (κ1) is 21.3. The molecule has 162 valence electrons. The minimum atomic E-state index is -0.704. The first-order valence-electron chi connectivity index (χ1n) is 9.69. The summed E-state index contributed by atoms with van der Waals surface area (Å²) >= 11 is 6.03. The van der Waals surface area contributed by atoms with Crippen LogP contribution in [0.2, 0.25) is 5.02 Å². The van der Waals surface area contributed by atoms with Crippen LogP contribution in [0.15, 0.2) is 36.4 Å². The molecule has 1 aliphatic heterocycles. The van der Waals surface area contributed by atoms with E-state index in [2.05, 4.69) is 10.4 Å². The molecule has 0 radical (unpaired) electrons. The largest absolute Gasteiger partial charge is 0.365 e. The van der Waals surface area contributed by atoms with Gasteiger partial charge in [-0.1, -0.05) is 11.6 Å². The molecule has 32 heavy (non-hydrogen) atoms. The van der Waals surface area contributed by atoms with Crippen LogP contribution < -0.4 is 11.1 Å². The lowest BCUT2D eigenvalue weighted by molar-refractivity contribution is 0.0997. The van der Waals surface area contributed by atoms with Gasteiger partial charge in [0.05, 0.1) is 34.9 Å². The zero-order chi connectivity index (χ0) is 23.0. The van der Waals surface area contributed by atoms with Crippen LogP contribution in [0.4, 0.5) is 14.9 Å². The van der Waals surface area contributed by atoms with Crippen molar-refractivity contribution >= 4 is 29.2 Å². The van der Waals surface area contributed by atoms with Gasteiger partial charge in [-0.25, -0.2) is 9.18 Å². The topological polar surface area (TPSA) is 117 Å². The zero-order valence-electron chi connectivity index (χ0n) is 17.0. The number of carbonyl (C=O) groups excluding carboxylic acids is 2. The second-order valence-corrected chi connectivity index (χ2v) is 7.84. The van der Waals surface area contributed by atoms with Gasteiger partial charge in [0.2, 0.25) is 0 Å². The van der Waals surface area contributed by atoms with Gasteiger partial charge in [0.25, 0.3) is 5.91 Å². The van der Waals surface area contributed by atoms with E-state index in [0.717, 1.165) is 0 Å². The number of fused-ring (bicyclic) bond motifs is 1. The Morgan fingerprint density at radius 3 is 2.69 bits per heavy atom. The molecular formula is C22H18ClFN6O2. The van der Waals surface area contributed by atoms with Gasteiger partial charge < -0.3 is 16.0 Å². The van der Waals surface area contributed by atoms with E-state index in [9.17, 15) is 14.0 Å². The molecule has 1 aromatic heterocycles. The summed E-state index contributed by atoms with van der Waals surface area (Å²) in [6.45, 7) is 2.51. The Balaban J connectivity index is 1.62. The molecular weight excluding hydrogens is 435 g/mol. The van der Waals surface area contributed by atoms with E-state index < -0.39 is 17.8 Å². The van der Waals surface area contributed by atoms with Gasteiger partial charge in [-0.05, 0) is 48.9 Å². The first-order valence-corrected chi connectivity index (χ1v) is 10.1. The van der Waals surface area contributed by atoms with Gasteiger partial charge in [0.15, 0.2) is 0 Å². The monoisotopic (exact) mass is 452 g/mol. The molecule has 0 aliphatic carbocycles. The van der Waals surface area contributed by atoms with Crippen molar-refractivity contribution in [3.05, 3.63) is 69.6 Å². The van der Waals surface area contributed by atoms with E-state index in [0.29, 0.717) is 41.2 Å². The number of nitriles is 1. The van der Waals surface area contributed by atoms with E-state index in [4.69, 9.17) is 22.6 Å². The van der Waals surface area contributed by atoms with E-state index in [1.165, 1.54) is 29.2 Å². The van der Waals surface area contributed by atoms with Crippen molar-refractivity contribution in [2.24, 2.45) is 5.73 Å². The number of hydrogen-bond acceptors (Lipinski definition) is 4. The highest BCUT2D eigenvalue weighted by atomic mass is 35.5. The number of primary amides is 1. The van der Waals surface area contributed by atoms with Crippen molar-refractivity contribution in [3.63, 3.8) is 0 Å².